The molecule has 8 heteroatoms. The van der Waals surface area contributed by atoms with Crippen molar-refractivity contribution < 1.29 is 38.5 Å². The van der Waals surface area contributed by atoms with E-state index < -0.39 is 36.6 Å². The molecule has 0 heterocycles. The molecule has 8 nitrogen and oxygen atoms in total. The van der Waals surface area contributed by atoms with Gasteiger partial charge in [0.2, 0.25) is 6.79 Å². The van der Waals surface area contributed by atoms with Crippen LogP contribution in [0.25, 0.3) is 0 Å². The van der Waals surface area contributed by atoms with E-state index in [0.29, 0.717) is 11.1 Å². The second kappa shape index (κ2) is 12.0. The van der Waals surface area contributed by atoms with Gasteiger partial charge in [0.1, 0.15) is 6.61 Å². The minimum Gasteiger partial charge on any atom is -0.481 e. The number of rotatable bonds is 11. The van der Waals surface area contributed by atoms with Crippen molar-refractivity contribution in [1.82, 2.24) is 0 Å². The van der Waals surface area contributed by atoms with Gasteiger partial charge in [0.15, 0.2) is 0 Å². The molecule has 0 aliphatic carbocycles. The maximum Gasteiger partial charge on any atom is 0.340 e. The maximum atomic E-state index is 12.3. The summed E-state index contributed by atoms with van der Waals surface area (Å²) in [5, 5.41) is 8.78. The van der Waals surface area contributed by atoms with Crippen LogP contribution < -0.4 is 0 Å². The molecule has 0 saturated heterocycles. The van der Waals surface area contributed by atoms with Crippen molar-refractivity contribution in [3.05, 3.63) is 71.8 Å². The van der Waals surface area contributed by atoms with E-state index in [1.165, 1.54) is 0 Å². The summed E-state index contributed by atoms with van der Waals surface area (Å²) < 4.78 is 15.0. The Morgan fingerprint density at radius 1 is 0.767 bits per heavy atom. The molecule has 158 valence electrons. The molecule has 30 heavy (non-hydrogen) atoms. The van der Waals surface area contributed by atoms with Gasteiger partial charge in [0.05, 0.1) is 17.0 Å². The zero-order valence-electron chi connectivity index (χ0n) is 16.2. The summed E-state index contributed by atoms with van der Waals surface area (Å²) in [5.74, 6) is -3.89. The van der Waals surface area contributed by atoms with Crippen LogP contribution in [0, 0.1) is 5.92 Å². The van der Waals surface area contributed by atoms with Gasteiger partial charge in [-0.25, -0.2) is 9.59 Å². The van der Waals surface area contributed by atoms with Gasteiger partial charge in [-0.05, 0) is 37.1 Å². The fraction of sp³-hybridized carbons (Fsp3) is 0.273. The Hall–Kier alpha value is -3.68. The highest BCUT2D eigenvalue weighted by Crippen LogP contribution is 2.14. The van der Waals surface area contributed by atoms with Crippen LogP contribution in [0.5, 0.6) is 0 Å². The zero-order chi connectivity index (χ0) is 21.8. The van der Waals surface area contributed by atoms with Crippen molar-refractivity contribution in [2.45, 2.75) is 19.3 Å². The van der Waals surface area contributed by atoms with E-state index in [2.05, 4.69) is 0 Å². The van der Waals surface area contributed by atoms with Gasteiger partial charge in [-0.2, -0.15) is 0 Å². The molecule has 0 spiro atoms. The second-order valence-corrected chi connectivity index (χ2v) is 6.33. The Bertz CT molecular complexity index is 848. The first-order valence-corrected chi connectivity index (χ1v) is 9.30. The highest BCUT2D eigenvalue weighted by atomic mass is 16.7. The van der Waals surface area contributed by atoms with Gasteiger partial charge in [-0.3, -0.25) is 9.59 Å². The van der Waals surface area contributed by atoms with Crippen LogP contribution in [0.1, 0.15) is 40.0 Å². The Labute approximate surface area is 173 Å². The van der Waals surface area contributed by atoms with Gasteiger partial charge >= 0.3 is 23.9 Å². The van der Waals surface area contributed by atoms with E-state index in [-0.39, 0.29) is 25.9 Å². The number of benzene rings is 2. The van der Waals surface area contributed by atoms with Crippen LogP contribution in [-0.4, -0.2) is 42.4 Å². The minimum absolute atomic E-state index is 0.139. The van der Waals surface area contributed by atoms with Crippen LogP contribution in [0.3, 0.4) is 0 Å². The van der Waals surface area contributed by atoms with Gasteiger partial charge < -0.3 is 19.3 Å². The molecule has 0 aliphatic heterocycles. The van der Waals surface area contributed by atoms with Crippen molar-refractivity contribution in [1.29, 1.82) is 0 Å². The molecule has 0 bridgehead atoms. The second-order valence-electron chi connectivity index (χ2n) is 6.33. The number of carboxylic acids is 1. The monoisotopic (exact) mass is 414 g/mol. The molecule has 0 aliphatic rings. The van der Waals surface area contributed by atoms with Gasteiger partial charge in [-0.15, -0.1) is 0 Å². The minimum atomic E-state index is -1.000. The molecular formula is C22H22O8. The smallest absolute Gasteiger partial charge is 0.340 e. The average Bonchev–Trinajstić information content (AvgIpc) is 2.76. The first kappa shape index (κ1) is 22.6. The van der Waals surface area contributed by atoms with Crippen LogP contribution in [0.2, 0.25) is 0 Å². The molecule has 0 amide bonds. The number of carbonyl (C=O) groups is 4. The molecule has 0 aromatic heterocycles. The fourth-order valence-electron chi connectivity index (χ4n) is 2.52. The van der Waals surface area contributed by atoms with E-state index >= 15 is 0 Å². The molecule has 0 fully saturated rings. The van der Waals surface area contributed by atoms with Crippen LogP contribution >= 0.6 is 0 Å². The molecule has 1 N–H and O–H groups in total. The predicted molar refractivity (Wildman–Crippen MR) is 105 cm³/mol. The van der Waals surface area contributed by atoms with Crippen molar-refractivity contribution in [2.75, 3.05) is 13.4 Å². The molecule has 1 atom stereocenters. The highest BCUT2D eigenvalue weighted by Gasteiger charge is 2.23. The molecule has 1 unspecified atom stereocenters. The number of esters is 3. The topological polar surface area (TPSA) is 116 Å². The summed E-state index contributed by atoms with van der Waals surface area (Å²) >= 11 is 0. The summed E-state index contributed by atoms with van der Waals surface area (Å²) in [6.07, 6.45) is 0.195. The first-order chi connectivity index (χ1) is 14.5. The van der Waals surface area contributed by atoms with Gasteiger partial charge in [0, 0.05) is 6.42 Å². The maximum absolute atomic E-state index is 12.3. The number of carboxylic acid groups (broad SMARTS) is 1. The lowest BCUT2D eigenvalue weighted by atomic mass is 10.0. The third-order valence-corrected chi connectivity index (χ3v) is 4.10. The Balaban J connectivity index is 1.86. The van der Waals surface area contributed by atoms with E-state index in [1.54, 1.807) is 60.7 Å². The Morgan fingerprint density at radius 3 is 1.83 bits per heavy atom. The van der Waals surface area contributed by atoms with Gasteiger partial charge in [0.25, 0.3) is 0 Å². The standard InChI is InChI=1S/C22H22O8/c23-19(24)13-7-12-18(14-28-20(25)16-8-3-1-4-9-16)22(27)30-15-29-21(26)17-10-5-2-6-11-17/h1-6,8-11,18H,7,12-15H2,(H,23,24). The van der Waals surface area contributed by atoms with E-state index in [9.17, 15) is 19.2 Å². The van der Waals surface area contributed by atoms with E-state index in [4.69, 9.17) is 19.3 Å². The largest absolute Gasteiger partial charge is 0.481 e. The summed E-state index contributed by atoms with van der Waals surface area (Å²) in [7, 11) is 0. The van der Waals surface area contributed by atoms with E-state index in [1.807, 2.05) is 0 Å². The van der Waals surface area contributed by atoms with Crippen LogP contribution in [0.4, 0.5) is 0 Å². The van der Waals surface area contributed by atoms with Crippen LogP contribution in [-0.2, 0) is 23.8 Å². The van der Waals surface area contributed by atoms with Crippen molar-refractivity contribution in [3.8, 4) is 0 Å². The molecule has 0 radical (unpaired) electrons. The number of ether oxygens (including phenoxy) is 3. The number of carbonyl (C=O) groups excluding carboxylic acids is 3. The summed E-state index contributed by atoms with van der Waals surface area (Å²) in [6, 6.07) is 16.4. The third-order valence-electron chi connectivity index (χ3n) is 4.10. The zero-order valence-corrected chi connectivity index (χ0v) is 16.2. The molecule has 2 aromatic rings. The summed E-state index contributed by atoms with van der Waals surface area (Å²) in [6.45, 7) is -0.882. The lowest BCUT2D eigenvalue weighted by Crippen LogP contribution is -2.26. The molecular weight excluding hydrogens is 392 g/mol. The molecule has 2 aromatic carbocycles. The normalized spacial score (nSPS) is 11.2. The number of hydrogen-bond acceptors (Lipinski definition) is 7. The fourth-order valence-corrected chi connectivity index (χ4v) is 2.52. The Kier molecular flexibility index (Phi) is 9.05. The molecule has 0 saturated carbocycles. The summed E-state index contributed by atoms with van der Waals surface area (Å²) in [5.41, 5.74) is 0.635. The number of hydrogen-bond donors (Lipinski definition) is 1. The predicted octanol–water partition coefficient (Wildman–Crippen LogP) is 3.07. The Morgan fingerprint density at radius 2 is 1.30 bits per heavy atom. The highest BCUT2D eigenvalue weighted by molar-refractivity contribution is 5.90. The third kappa shape index (κ3) is 7.75. The van der Waals surface area contributed by atoms with Crippen molar-refractivity contribution in [2.24, 2.45) is 5.92 Å². The van der Waals surface area contributed by atoms with Crippen molar-refractivity contribution in [3.63, 3.8) is 0 Å². The van der Waals surface area contributed by atoms with E-state index in [0.717, 1.165) is 0 Å². The quantitative estimate of drug-likeness (QED) is 0.440. The molecule has 2 rings (SSSR count). The van der Waals surface area contributed by atoms with Crippen LogP contribution in [0.15, 0.2) is 60.7 Å². The lowest BCUT2D eigenvalue weighted by molar-refractivity contribution is -0.159. The SMILES string of the molecule is O=C(O)CCCC(COC(=O)c1ccccc1)C(=O)OCOC(=O)c1ccccc1. The average molecular weight is 414 g/mol. The number of aliphatic carboxylic acids is 1. The summed E-state index contributed by atoms with van der Waals surface area (Å²) in [4.78, 5) is 47.0. The van der Waals surface area contributed by atoms with Crippen molar-refractivity contribution >= 4 is 23.9 Å². The van der Waals surface area contributed by atoms with Gasteiger partial charge in [-0.1, -0.05) is 36.4 Å². The lowest BCUT2D eigenvalue weighted by Gasteiger charge is -2.16. The first-order valence-electron chi connectivity index (χ1n) is 9.30.